The van der Waals surface area contributed by atoms with Crippen LogP contribution in [0.15, 0.2) is 28.9 Å². The first-order valence-corrected chi connectivity index (χ1v) is 7.66. The minimum absolute atomic E-state index is 0.168. The van der Waals surface area contributed by atoms with Crippen molar-refractivity contribution in [1.82, 2.24) is 5.32 Å². The van der Waals surface area contributed by atoms with Gasteiger partial charge in [0.05, 0.1) is 6.26 Å². The molecule has 0 spiro atoms. The Labute approximate surface area is 122 Å². The zero-order chi connectivity index (χ0) is 14.8. The summed E-state index contributed by atoms with van der Waals surface area (Å²) in [5.74, 6) is 0.547. The lowest BCUT2D eigenvalue weighted by molar-refractivity contribution is 0.429. The number of benzene rings is 1. The summed E-state index contributed by atoms with van der Waals surface area (Å²) < 4.78 is 5.86. The molecule has 0 aliphatic rings. The standard InChI is InChI=1S/C18H27NO/c1-6-13(2)15-8-7-9-16-14(12-20-17(15)16)10-11-19-18(3,4)5/h7-9,12-13,19H,6,10-11H2,1-5H3. The SMILES string of the molecule is CCC(C)c1cccc2c(CCNC(C)(C)C)coc12. The summed E-state index contributed by atoms with van der Waals surface area (Å²) in [7, 11) is 0. The normalized spacial score (nSPS) is 13.8. The molecule has 0 bridgehead atoms. The number of nitrogens with one attached hydrogen (secondary N) is 1. The van der Waals surface area contributed by atoms with Gasteiger partial charge < -0.3 is 9.73 Å². The molecule has 0 fully saturated rings. The Morgan fingerprint density at radius 1 is 1.25 bits per heavy atom. The summed E-state index contributed by atoms with van der Waals surface area (Å²) >= 11 is 0. The third kappa shape index (κ3) is 3.43. The second-order valence-corrected chi connectivity index (χ2v) is 6.72. The Morgan fingerprint density at radius 3 is 2.65 bits per heavy atom. The molecule has 0 aliphatic carbocycles. The van der Waals surface area contributed by atoms with Gasteiger partial charge in [-0.25, -0.2) is 0 Å². The summed E-state index contributed by atoms with van der Waals surface area (Å²) in [6, 6.07) is 6.52. The topological polar surface area (TPSA) is 25.2 Å². The van der Waals surface area contributed by atoms with Crippen molar-refractivity contribution in [2.45, 2.75) is 58.9 Å². The first kappa shape index (κ1) is 15.1. The van der Waals surface area contributed by atoms with Crippen molar-refractivity contribution in [2.24, 2.45) is 0 Å². The predicted octanol–water partition coefficient (Wildman–Crippen LogP) is 4.88. The Hall–Kier alpha value is -1.28. The van der Waals surface area contributed by atoms with Gasteiger partial charge in [-0.1, -0.05) is 32.0 Å². The first-order valence-electron chi connectivity index (χ1n) is 7.66. The summed E-state index contributed by atoms with van der Waals surface area (Å²) in [6.45, 7) is 12.1. The smallest absolute Gasteiger partial charge is 0.137 e. The first-order chi connectivity index (χ1) is 9.42. The van der Waals surface area contributed by atoms with Crippen LogP contribution in [0.2, 0.25) is 0 Å². The highest BCUT2D eigenvalue weighted by atomic mass is 16.3. The van der Waals surface area contributed by atoms with Crippen LogP contribution in [0.5, 0.6) is 0 Å². The average molecular weight is 273 g/mol. The molecule has 0 amide bonds. The minimum atomic E-state index is 0.168. The third-order valence-corrected chi connectivity index (χ3v) is 3.90. The summed E-state index contributed by atoms with van der Waals surface area (Å²) in [4.78, 5) is 0. The third-order valence-electron chi connectivity index (χ3n) is 3.90. The van der Waals surface area contributed by atoms with Crippen molar-refractivity contribution in [1.29, 1.82) is 0 Å². The Kier molecular flexibility index (Phi) is 4.54. The zero-order valence-electron chi connectivity index (χ0n) is 13.4. The van der Waals surface area contributed by atoms with E-state index in [4.69, 9.17) is 4.42 Å². The molecule has 0 radical (unpaired) electrons. The molecule has 20 heavy (non-hydrogen) atoms. The van der Waals surface area contributed by atoms with Crippen LogP contribution < -0.4 is 5.32 Å². The van der Waals surface area contributed by atoms with E-state index in [1.54, 1.807) is 0 Å². The van der Waals surface area contributed by atoms with E-state index in [1.165, 1.54) is 16.5 Å². The van der Waals surface area contributed by atoms with Crippen LogP contribution in [0.4, 0.5) is 0 Å². The fraction of sp³-hybridized carbons (Fsp3) is 0.556. The highest BCUT2D eigenvalue weighted by Gasteiger charge is 2.14. The van der Waals surface area contributed by atoms with Gasteiger partial charge in [-0.15, -0.1) is 0 Å². The van der Waals surface area contributed by atoms with Gasteiger partial charge in [0.2, 0.25) is 0 Å². The number of furan rings is 1. The summed E-state index contributed by atoms with van der Waals surface area (Å²) in [6.07, 6.45) is 4.08. The molecule has 1 atom stereocenters. The number of hydrogen-bond donors (Lipinski definition) is 1. The lowest BCUT2D eigenvalue weighted by Gasteiger charge is -2.20. The van der Waals surface area contributed by atoms with Crippen LogP contribution in [0, 0.1) is 0 Å². The molecule has 110 valence electrons. The maximum Gasteiger partial charge on any atom is 0.137 e. The number of hydrogen-bond acceptors (Lipinski definition) is 2. The second-order valence-electron chi connectivity index (χ2n) is 6.72. The average Bonchev–Trinajstić information content (AvgIpc) is 2.80. The largest absolute Gasteiger partial charge is 0.464 e. The summed E-state index contributed by atoms with van der Waals surface area (Å²) in [5, 5.41) is 4.81. The van der Waals surface area contributed by atoms with E-state index in [0.29, 0.717) is 5.92 Å². The Balaban J connectivity index is 2.20. The molecule has 1 unspecified atom stereocenters. The quantitative estimate of drug-likeness (QED) is 0.840. The van der Waals surface area contributed by atoms with Gasteiger partial charge in [-0.05, 0) is 57.2 Å². The van der Waals surface area contributed by atoms with E-state index in [2.05, 4.69) is 58.1 Å². The van der Waals surface area contributed by atoms with E-state index >= 15 is 0 Å². The van der Waals surface area contributed by atoms with E-state index < -0.39 is 0 Å². The van der Waals surface area contributed by atoms with Gasteiger partial charge in [-0.3, -0.25) is 0 Å². The van der Waals surface area contributed by atoms with Crippen LogP contribution in [-0.2, 0) is 6.42 Å². The van der Waals surface area contributed by atoms with Crippen molar-refractivity contribution in [3.63, 3.8) is 0 Å². The highest BCUT2D eigenvalue weighted by molar-refractivity contribution is 5.84. The van der Waals surface area contributed by atoms with E-state index in [0.717, 1.165) is 25.0 Å². The zero-order valence-corrected chi connectivity index (χ0v) is 13.4. The molecule has 2 aromatic rings. The van der Waals surface area contributed by atoms with Crippen molar-refractivity contribution < 1.29 is 4.42 Å². The van der Waals surface area contributed by atoms with Crippen LogP contribution in [0.25, 0.3) is 11.0 Å². The Morgan fingerprint density at radius 2 is 2.00 bits per heavy atom. The van der Waals surface area contributed by atoms with Gasteiger partial charge >= 0.3 is 0 Å². The molecule has 1 aromatic carbocycles. The maximum atomic E-state index is 5.86. The molecular formula is C18H27NO. The molecule has 0 saturated heterocycles. The number of rotatable bonds is 5. The molecule has 0 saturated carbocycles. The van der Waals surface area contributed by atoms with Gasteiger partial charge in [0, 0.05) is 10.9 Å². The maximum absolute atomic E-state index is 5.86. The fourth-order valence-corrected chi connectivity index (χ4v) is 2.51. The predicted molar refractivity (Wildman–Crippen MR) is 86.4 cm³/mol. The number of fused-ring (bicyclic) bond motifs is 1. The van der Waals surface area contributed by atoms with Gasteiger partial charge in [0.1, 0.15) is 5.58 Å². The fourth-order valence-electron chi connectivity index (χ4n) is 2.51. The number of para-hydroxylation sites is 1. The van der Waals surface area contributed by atoms with Gasteiger partial charge in [0.25, 0.3) is 0 Å². The minimum Gasteiger partial charge on any atom is -0.464 e. The lowest BCUT2D eigenvalue weighted by Crippen LogP contribution is -2.37. The van der Waals surface area contributed by atoms with Crippen LogP contribution >= 0.6 is 0 Å². The van der Waals surface area contributed by atoms with Crippen molar-refractivity contribution in [2.75, 3.05) is 6.54 Å². The van der Waals surface area contributed by atoms with Gasteiger partial charge in [-0.2, -0.15) is 0 Å². The summed E-state index contributed by atoms with van der Waals surface area (Å²) in [5.41, 5.74) is 3.89. The van der Waals surface area contributed by atoms with E-state index in [1.807, 2.05) is 6.26 Å². The molecular weight excluding hydrogens is 246 g/mol. The molecule has 2 heteroatoms. The highest BCUT2D eigenvalue weighted by Crippen LogP contribution is 2.30. The monoisotopic (exact) mass is 273 g/mol. The van der Waals surface area contributed by atoms with E-state index in [9.17, 15) is 0 Å². The van der Waals surface area contributed by atoms with Crippen LogP contribution in [0.3, 0.4) is 0 Å². The van der Waals surface area contributed by atoms with Crippen LogP contribution in [-0.4, -0.2) is 12.1 Å². The second kappa shape index (κ2) is 6.01. The molecule has 2 nitrogen and oxygen atoms in total. The van der Waals surface area contributed by atoms with Crippen molar-refractivity contribution in [3.05, 3.63) is 35.6 Å². The molecule has 0 aliphatic heterocycles. The van der Waals surface area contributed by atoms with Crippen molar-refractivity contribution >= 4 is 11.0 Å². The van der Waals surface area contributed by atoms with Crippen LogP contribution in [0.1, 0.15) is 58.1 Å². The van der Waals surface area contributed by atoms with Gasteiger partial charge in [0.15, 0.2) is 0 Å². The molecule has 2 rings (SSSR count). The molecule has 1 N–H and O–H groups in total. The Bertz CT molecular complexity index is 562. The lowest BCUT2D eigenvalue weighted by atomic mass is 9.96. The molecule has 1 heterocycles. The van der Waals surface area contributed by atoms with E-state index in [-0.39, 0.29) is 5.54 Å². The molecule has 1 aromatic heterocycles. The van der Waals surface area contributed by atoms with Crippen molar-refractivity contribution in [3.8, 4) is 0 Å².